The number of rotatable bonds is 5. The van der Waals surface area contributed by atoms with Crippen LogP contribution in [0.15, 0.2) is 48.5 Å². The van der Waals surface area contributed by atoms with Gasteiger partial charge in [-0.3, -0.25) is 4.79 Å². The second-order valence-electron chi connectivity index (χ2n) is 7.10. The first kappa shape index (κ1) is 23.2. The molecule has 0 spiro atoms. The van der Waals surface area contributed by atoms with E-state index < -0.39 is 0 Å². The second-order valence-corrected chi connectivity index (χ2v) is 7.10. The highest BCUT2D eigenvalue weighted by molar-refractivity contribution is 5.85. The van der Waals surface area contributed by atoms with E-state index in [1.165, 1.54) is 11.1 Å². The summed E-state index contributed by atoms with van der Waals surface area (Å²) in [7, 11) is 0. The van der Waals surface area contributed by atoms with Gasteiger partial charge < -0.3 is 15.2 Å². The molecule has 7 heteroatoms. The molecule has 0 radical (unpaired) electrons. The molecule has 1 aromatic heterocycles. The lowest BCUT2D eigenvalue weighted by molar-refractivity contribution is -0.134. The van der Waals surface area contributed by atoms with Gasteiger partial charge in [0.2, 0.25) is 5.91 Å². The van der Waals surface area contributed by atoms with Gasteiger partial charge in [0.15, 0.2) is 0 Å². The van der Waals surface area contributed by atoms with Crippen molar-refractivity contribution in [2.45, 2.75) is 32.2 Å². The molecule has 0 aliphatic carbocycles. The van der Waals surface area contributed by atoms with E-state index in [-0.39, 0.29) is 36.8 Å². The zero-order valence-electron chi connectivity index (χ0n) is 16.6. The number of halogens is 2. The van der Waals surface area contributed by atoms with Crippen LogP contribution in [0.3, 0.4) is 0 Å². The predicted octanol–water partition coefficient (Wildman–Crippen LogP) is 4.07. The van der Waals surface area contributed by atoms with Crippen molar-refractivity contribution in [2.24, 2.45) is 0 Å². The zero-order chi connectivity index (χ0) is 18.6. The van der Waals surface area contributed by atoms with Crippen molar-refractivity contribution < 1.29 is 4.79 Å². The number of aromatic nitrogens is 2. The molecule has 2 N–H and O–H groups in total. The third-order valence-electron chi connectivity index (χ3n) is 5.35. The van der Waals surface area contributed by atoms with Crippen LogP contribution in [0, 0.1) is 0 Å². The van der Waals surface area contributed by atoms with Gasteiger partial charge in [-0.15, -0.1) is 24.8 Å². The summed E-state index contributed by atoms with van der Waals surface area (Å²) in [4.78, 5) is 22.9. The monoisotopic (exact) mass is 434 g/mol. The molecule has 4 rings (SSSR count). The molecule has 1 aliphatic heterocycles. The van der Waals surface area contributed by atoms with E-state index in [1.807, 2.05) is 29.2 Å². The fourth-order valence-corrected chi connectivity index (χ4v) is 3.77. The van der Waals surface area contributed by atoms with Gasteiger partial charge >= 0.3 is 0 Å². The van der Waals surface area contributed by atoms with Gasteiger partial charge in [-0.25, -0.2) is 4.98 Å². The molecule has 3 aromatic rings. The van der Waals surface area contributed by atoms with Crippen LogP contribution in [0.2, 0.25) is 0 Å². The van der Waals surface area contributed by atoms with Gasteiger partial charge in [0, 0.05) is 32.5 Å². The van der Waals surface area contributed by atoms with E-state index in [9.17, 15) is 4.79 Å². The minimum absolute atomic E-state index is 0. The standard InChI is InChI=1S/C22H26N4O.2ClH/c1-2-16-7-9-17(10-8-16)20-15-23-13-14-26(20)22(27)12-11-21-24-18-5-3-4-6-19(18)25-21;;/h3-10,20,23H,2,11-15H2,1H3,(H,24,25);2*1H. The van der Waals surface area contributed by atoms with Gasteiger partial charge in [0.1, 0.15) is 5.82 Å². The number of benzene rings is 2. The van der Waals surface area contributed by atoms with Crippen LogP contribution in [-0.4, -0.2) is 40.4 Å². The van der Waals surface area contributed by atoms with Gasteiger partial charge in [-0.05, 0) is 29.7 Å². The third kappa shape index (κ3) is 5.30. The third-order valence-corrected chi connectivity index (χ3v) is 5.35. The summed E-state index contributed by atoms with van der Waals surface area (Å²) < 4.78 is 0. The van der Waals surface area contributed by atoms with Crippen LogP contribution in [0.25, 0.3) is 11.0 Å². The summed E-state index contributed by atoms with van der Waals surface area (Å²) in [6.07, 6.45) is 2.14. The molecular weight excluding hydrogens is 407 g/mol. The number of piperazine rings is 1. The Hall–Kier alpha value is -2.08. The highest BCUT2D eigenvalue weighted by Crippen LogP contribution is 2.24. The largest absolute Gasteiger partial charge is 0.342 e. The van der Waals surface area contributed by atoms with Crippen LogP contribution in [0.4, 0.5) is 0 Å². The Morgan fingerprint density at radius 3 is 2.62 bits per heavy atom. The molecular formula is C22H28Cl2N4O. The van der Waals surface area contributed by atoms with Crippen LogP contribution >= 0.6 is 24.8 Å². The number of amides is 1. The molecule has 0 saturated carbocycles. The smallest absolute Gasteiger partial charge is 0.223 e. The van der Waals surface area contributed by atoms with Crippen molar-refractivity contribution >= 4 is 41.8 Å². The number of aryl methyl sites for hydroxylation is 2. The van der Waals surface area contributed by atoms with Crippen LogP contribution in [0.1, 0.15) is 36.3 Å². The molecule has 29 heavy (non-hydrogen) atoms. The molecule has 1 fully saturated rings. The van der Waals surface area contributed by atoms with Gasteiger partial charge in [-0.2, -0.15) is 0 Å². The van der Waals surface area contributed by atoms with E-state index >= 15 is 0 Å². The lowest BCUT2D eigenvalue weighted by atomic mass is 10.0. The fourth-order valence-electron chi connectivity index (χ4n) is 3.77. The second kappa shape index (κ2) is 10.6. The highest BCUT2D eigenvalue weighted by Gasteiger charge is 2.27. The minimum Gasteiger partial charge on any atom is -0.342 e. The molecule has 1 unspecified atom stereocenters. The minimum atomic E-state index is 0. The quantitative estimate of drug-likeness (QED) is 0.635. The Bertz CT molecular complexity index is 893. The van der Waals surface area contributed by atoms with E-state index in [2.05, 4.69) is 46.5 Å². The lowest BCUT2D eigenvalue weighted by Gasteiger charge is -2.36. The fraction of sp³-hybridized carbons (Fsp3) is 0.364. The summed E-state index contributed by atoms with van der Waals surface area (Å²) in [5.74, 6) is 1.07. The number of nitrogens with zero attached hydrogens (tertiary/aromatic N) is 2. The van der Waals surface area contributed by atoms with Crippen molar-refractivity contribution in [1.82, 2.24) is 20.2 Å². The first-order valence-corrected chi connectivity index (χ1v) is 9.77. The SMILES string of the molecule is CCc1ccc(C2CNCCN2C(=O)CCc2nc3ccccc3[nH]2)cc1.Cl.Cl. The number of H-pyrrole nitrogens is 1. The number of aromatic amines is 1. The van der Waals surface area contributed by atoms with E-state index in [4.69, 9.17) is 0 Å². The van der Waals surface area contributed by atoms with Crippen molar-refractivity contribution in [2.75, 3.05) is 19.6 Å². The number of hydrogen-bond donors (Lipinski definition) is 2. The van der Waals surface area contributed by atoms with E-state index in [1.54, 1.807) is 0 Å². The van der Waals surface area contributed by atoms with Crippen LogP contribution in [0.5, 0.6) is 0 Å². The summed E-state index contributed by atoms with van der Waals surface area (Å²) in [5.41, 5.74) is 4.51. The summed E-state index contributed by atoms with van der Waals surface area (Å²) in [6.45, 7) is 4.56. The molecule has 2 aromatic carbocycles. The number of fused-ring (bicyclic) bond motifs is 1. The molecule has 2 heterocycles. The first-order chi connectivity index (χ1) is 13.2. The molecule has 1 aliphatic rings. The molecule has 1 atom stereocenters. The number of para-hydroxylation sites is 2. The Morgan fingerprint density at radius 2 is 1.90 bits per heavy atom. The molecule has 1 amide bonds. The number of hydrogen-bond acceptors (Lipinski definition) is 3. The van der Waals surface area contributed by atoms with Gasteiger partial charge in [0.05, 0.1) is 17.1 Å². The van der Waals surface area contributed by atoms with Crippen molar-refractivity contribution in [3.8, 4) is 0 Å². The molecule has 156 valence electrons. The Morgan fingerprint density at radius 1 is 1.14 bits per heavy atom. The molecule has 5 nitrogen and oxygen atoms in total. The summed E-state index contributed by atoms with van der Waals surface area (Å²) in [6, 6.07) is 16.7. The Kier molecular flexibility index (Phi) is 8.50. The summed E-state index contributed by atoms with van der Waals surface area (Å²) >= 11 is 0. The van der Waals surface area contributed by atoms with Gasteiger partial charge in [0.25, 0.3) is 0 Å². The number of carbonyl (C=O) groups is 1. The highest BCUT2D eigenvalue weighted by atomic mass is 35.5. The zero-order valence-corrected chi connectivity index (χ0v) is 18.2. The number of nitrogens with one attached hydrogen (secondary N) is 2. The maximum absolute atomic E-state index is 12.9. The van der Waals surface area contributed by atoms with Crippen molar-refractivity contribution in [3.63, 3.8) is 0 Å². The first-order valence-electron chi connectivity index (χ1n) is 9.77. The maximum Gasteiger partial charge on any atom is 0.223 e. The van der Waals surface area contributed by atoms with Crippen LogP contribution in [-0.2, 0) is 17.6 Å². The van der Waals surface area contributed by atoms with Crippen molar-refractivity contribution in [3.05, 3.63) is 65.5 Å². The lowest BCUT2D eigenvalue weighted by Crippen LogP contribution is -2.48. The average Bonchev–Trinajstić information content (AvgIpc) is 3.15. The average molecular weight is 435 g/mol. The number of imidazole rings is 1. The van der Waals surface area contributed by atoms with Crippen molar-refractivity contribution in [1.29, 1.82) is 0 Å². The maximum atomic E-state index is 12.9. The Labute approximate surface area is 184 Å². The molecule has 1 saturated heterocycles. The normalized spacial score (nSPS) is 16.2. The van der Waals surface area contributed by atoms with Gasteiger partial charge in [-0.1, -0.05) is 43.3 Å². The van der Waals surface area contributed by atoms with E-state index in [0.717, 1.165) is 42.9 Å². The molecule has 0 bridgehead atoms. The van der Waals surface area contributed by atoms with E-state index in [0.29, 0.717) is 12.8 Å². The topological polar surface area (TPSA) is 61.0 Å². The predicted molar refractivity (Wildman–Crippen MR) is 122 cm³/mol. The Balaban J connectivity index is 0.00000150. The van der Waals surface area contributed by atoms with Crippen LogP contribution < -0.4 is 5.32 Å². The number of carbonyl (C=O) groups excluding carboxylic acids is 1. The summed E-state index contributed by atoms with van der Waals surface area (Å²) in [5, 5.41) is 3.43.